The molecule has 0 aromatic carbocycles. The molecule has 0 aliphatic carbocycles. The number of hydrogen-bond acceptors (Lipinski definition) is 5. The van der Waals surface area contributed by atoms with E-state index >= 15 is 0 Å². The van der Waals surface area contributed by atoms with Crippen molar-refractivity contribution < 1.29 is 9.47 Å². The van der Waals surface area contributed by atoms with Crippen molar-refractivity contribution in [3.05, 3.63) is 35.2 Å². The van der Waals surface area contributed by atoms with Crippen molar-refractivity contribution >= 4 is 15.9 Å². The molecule has 2 rings (SSSR count). The summed E-state index contributed by atoms with van der Waals surface area (Å²) in [5.41, 5.74) is 0. The van der Waals surface area contributed by atoms with Crippen LogP contribution in [0.4, 0.5) is 0 Å². The van der Waals surface area contributed by atoms with Crippen molar-refractivity contribution in [2.45, 2.75) is 0 Å². The summed E-state index contributed by atoms with van der Waals surface area (Å²) in [7, 11) is 1.53. The van der Waals surface area contributed by atoms with Crippen LogP contribution in [0.5, 0.6) is 17.6 Å². The van der Waals surface area contributed by atoms with Gasteiger partial charge in [0.2, 0.25) is 5.88 Å². The van der Waals surface area contributed by atoms with Crippen LogP contribution in [0.3, 0.4) is 0 Å². The predicted molar refractivity (Wildman–Crippen MR) is 60.6 cm³/mol. The minimum Gasteiger partial charge on any atom is -0.480 e. The molecule has 2 heterocycles. The standard InChI is InChI=1S/C10H8BrN3O2/c1-15-9-8(11)6-13-10(14-9)16-7-3-2-4-12-5-7/h2-6H,1H3. The molecule has 0 N–H and O–H groups in total. The van der Waals surface area contributed by atoms with Crippen LogP contribution >= 0.6 is 15.9 Å². The Hall–Kier alpha value is -1.69. The summed E-state index contributed by atoms with van der Waals surface area (Å²) in [6, 6.07) is 3.75. The van der Waals surface area contributed by atoms with Gasteiger partial charge < -0.3 is 9.47 Å². The van der Waals surface area contributed by atoms with Crippen LogP contribution in [-0.2, 0) is 0 Å². The number of hydrogen-bond donors (Lipinski definition) is 0. The third-order valence-electron chi connectivity index (χ3n) is 1.73. The SMILES string of the molecule is COc1nc(Oc2cccnc2)ncc1Br. The Bertz CT molecular complexity index is 479. The van der Waals surface area contributed by atoms with Gasteiger partial charge in [0.05, 0.1) is 24.0 Å². The van der Waals surface area contributed by atoms with E-state index in [1.165, 1.54) is 7.11 Å². The fourth-order valence-corrected chi connectivity index (χ4v) is 1.39. The summed E-state index contributed by atoms with van der Waals surface area (Å²) in [6.45, 7) is 0. The van der Waals surface area contributed by atoms with Gasteiger partial charge in [-0.1, -0.05) is 0 Å². The third kappa shape index (κ3) is 2.46. The molecule has 0 saturated heterocycles. The highest BCUT2D eigenvalue weighted by Crippen LogP contribution is 2.24. The van der Waals surface area contributed by atoms with Crippen LogP contribution in [0.25, 0.3) is 0 Å². The van der Waals surface area contributed by atoms with Gasteiger partial charge in [0.1, 0.15) is 5.75 Å². The summed E-state index contributed by atoms with van der Waals surface area (Å²) in [5, 5.41) is 0. The van der Waals surface area contributed by atoms with Crippen LogP contribution in [0.15, 0.2) is 35.2 Å². The Morgan fingerprint density at radius 2 is 2.19 bits per heavy atom. The van der Waals surface area contributed by atoms with Crippen LogP contribution < -0.4 is 9.47 Å². The number of rotatable bonds is 3. The summed E-state index contributed by atoms with van der Waals surface area (Å²) in [5.74, 6) is 1.00. The fourth-order valence-electron chi connectivity index (χ4n) is 1.04. The second-order valence-corrected chi connectivity index (χ2v) is 3.65. The summed E-state index contributed by atoms with van der Waals surface area (Å²) >= 11 is 3.26. The molecule has 0 spiro atoms. The van der Waals surface area contributed by atoms with E-state index in [1.807, 2.05) is 0 Å². The Balaban J connectivity index is 2.22. The Morgan fingerprint density at radius 3 is 2.88 bits per heavy atom. The normalized spacial score (nSPS) is 9.88. The van der Waals surface area contributed by atoms with E-state index in [0.29, 0.717) is 16.1 Å². The maximum absolute atomic E-state index is 5.39. The molecule has 5 nitrogen and oxygen atoms in total. The van der Waals surface area contributed by atoms with E-state index in [9.17, 15) is 0 Å². The minimum absolute atomic E-state index is 0.216. The topological polar surface area (TPSA) is 57.1 Å². The van der Waals surface area contributed by atoms with Gasteiger partial charge in [-0.15, -0.1) is 0 Å². The zero-order valence-electron chi connectivity index (χ0n) is 8.42. The molecule has 2 aromatic rings. The van der Waals surface area contributed by atoms with Gasteiger partial charge in [0.15, 0.2) is 0 Å². The quantitative estimate of drug-likeness (QED) is 0.865. The van der Waals surface area contributed by atoms with Gasteiger partial charge in [-0.2, -0.15) is 4.98 Å². The largest absolute Gasteiger partial charge is 0.480 e. The van der Waals surface area contributed by atoms with E-state index in [-0.39, 0.29) is 6.01 Å². The monoisotopic (exact) mass is 281 g/mol. The first-order valence-corrected chi connectivity index (χ1v) is 5.23. The van der Waals surface area contributed by atoms with Crippen molar-refractivity contribution in [2.75, 3.05) is 7.11 Å². The summed E-state index contributed by atoms with van der Waals surface area (Å²) in [4.78, 5) is 12.0. The van der Waals surface area contributed by atoms with Crippen molar-refractivity contribution in [3.8, 4) is 17.6 Å². The van der Waals surface area contributed by atoms with Gasteiger partial charge >= 0.3 is 6.01 Å². The van der Waals surface area contributed by atoms with Crippen molar-refractivity contribution in [1.29, 1.82) is 0 Å². The fraction of sp³-hybridized carbons (Fsp3) is 0.100. The first-order valence-electron chi connectivity index (χ1n) is 4.44. The van der Waals surface area contributed by atoms with Gasteiger partial charge in [0.25, 0.3) is 0 Å². The Labute approximate surface area is 101 Å². The average molecular weight is 282 g/mol. The molecule has 0 aliphatic rings. The Morgan fingerprint density at radius 1 is 1.31 bits per heavy atom. The van der Waals surface area contributed by atoms with Crippen molar-refractivity contribution in [3.63, 3.8) is 0 Å². The minimum atomic E-state index is 0.216. The lowest BCUT2D eigenvalue weighted by atomic mass is 10.5. The van der Waals surface area contributed by atoms with Gasteiger partial charge in [0, 0.05) is 6.20 Å². The maximum atomic E-state index is 5.39. The van der Waals surface area contributed by atoms with E-state index < -0.39 is 0 Å². The molecule has 0 bridgehead atoms. The van der Waals surface area contributed by atoms with Crippen molar-refractivity contribution in [1.82, 2.24) is 15.0 Å². The molecule has 6 heteroatoms. The molecule has 0 amide bonds. The third-order valence-corrected chi connectivity index (χ3v) is 2.27. The first-order chi connectivity index (χ1) is 7.79. The average Bonchev–Trinajstić information content (AvgIpc) is 2.33. The van der Waals surface area contributed by atoms with E-state index in [2.05, 4.69) is 30.9 Å². The number of aromatic nitrogens is 3. The highest BCUT2D eigenvalue weighted by atomic mass is 79.9. The number of methoxy groups -OCH3 is 1. The van der Waals surface area contributed by atoms with Crippen LogP contribution in [0.2, 0.25) is 0 Å². The predicted octanol–water partition coefficient (Wildman–Crippen LogP) is 2.44. The van der Waals surface area contributed by atoms with Crippen LogP contribution in [0, 0.1) is 0 Å². The molecule has 0 atom stereocenters. The molecular formula is C10H8BrN3O2. The zero-order valence-corrected chi connectivity index (χ0v) is 10.0. The molecule has 2 aromatic heterocycles. The lowest BCUT2D eigenvalue weighted by Gasteiger charge is -2.05. The van der Waals surface area contributed by atoms with Crippen LogP contribution in [0.1, 0.15) is 0 Å². The molecule has 0 unspecified atom stereocenters. The molecular weight excluding hydrogens is 274 g/mol. The van der Waals surface area contributed by atoms with Gasteiger partial charge in [-0.3, -0.25) is 4.98 Å². The second kappa shape index (κ2) is 4.89. The zero-order chi connectivity index (χ0) is 11.4. The van der Waals surface area contributed by atoms with E-state index in [1.54, 1.807) is 30.7 Å². The lowest BCUT2D eigenvalue weighted by Crippen LogP contribution is -1.95. The number of nitrogens with zero attached hydrogens (tertiary/aromatic N) is 3. The maximum Gasteiger partial charge on any atom is 0.325 e. The lowest BCUT2D eigenvalue weighted by molar-refractivity contribution is 0.373. The highest BCUT2D eigenvalue weighted by molar-refractivity contribution is 9.10. The first kappa shape index (κ1) is 10.8. The van der Waals surface area contributed by atoms with E-state index in [0.717, 1.165) is 0 Å². The number of halogens is 1. The molecule has 16 heavy (non-hydrogen) atoms. The number of ether oxygens (including phenoxy) is 2. The molecule has 0 saturated carbocycles. The summed E-state index contributed by atoms with van der Waals surface area (Å²) in [6.07, 6.45) is 4.81. The van der Waals surface area contributed by atoms with E-state index in [4.69, 9.17) is 9.47 Å². The smallest absolute Gasteiger partial charge is 0.325 e. The molecule has 0 fully saturated rings. The van der Waals surface area contributed by atoms with Crippen molar-refractivity contribution in [2.24, 2.45) is 0 Å². The summed E-state index contributed by atoms with van der Waals surface area (Å²) < 4.78 is 11.1. The highest BCUT2D eigenvalue weighted by Gasteiger charge is 2.06. The van der Waals surface area contributed by atoms with Gasteiger partial charge in [-0.05, 0) is 28.1 Å². The molecule has 0 radical (unpaired) electrons. The van der Waals surface area contributed by atoms with Gasteiger partial charge in [-0.25, -0.2) is 4.98 Å². The Kier molecular flexibility index (Phi) is 3.31. The van der Waals surface area contributed by atoms with Crippen LogP contribution in [-0.4, -0.2) is 22.1 Å². The molecule has 82 valence electrons. The number of pyridine rings is 1. The molecule has 0 aliphatic heterocycles. The second-order valence-electron chi connectivity index (χ2n) is 2.80.